The number of hydrogen-bond donors (Lipinski definition) is 2. The fraction of sp³-hybridized carbons (Fsp3) is 0.333. The highest BCUT2D eigenvalue weighted by Gasteiger charge is 2.18. The van der Waals surface area contributed by atoms with E-state index >= 15 is 0 Å². The summed E-state index contributed by atoms with van der Waals surface area (Å²) in [4.78, 5) is 0. The number of nitrogens with one attached hydrogen (secondary N) is 1. The Morgan fingerprint density at radius 2 is 1.93 bits per heavy atom. The van der Waals surface area contributed by atoms with Gasteiger partial charge < -0.3 is 19.6 Å². The second-order valence-corrected chi connectivity index (χ2v) is 8.18. The highest BCUT2D eigenvalue weighted by Crippen LogP contribution is 2.27. The van der Waals surface area contributed by atoms with Gasteiger partial charge in [-0.05, 0) is 82.6 Å². The van der Waals surface area contributed by atoms with E-state index < -0.39 is 0 Å². The minimum Gasteiger partial charge on any atom is -0.496 e. The zero-order chi connectivity index (χ0) is 20.6. The second-order valence-electron chi connectivity index (χ2n) is 7.33. The monoisotopic (exact) mass is 457 g/mol. The maximum absolute atomic E-state index is 9.93. The van der Waals surface area contributed by atoms with Crippen molar-refractivity contribution in [3.05, 3.63) is 87.8 Å². The SMILES string of the molecule is COc1ccc(CC(CO)CNC(Cc2ccccc2C)c2ccco2)cc1Br. The molecule has 0 radical (unpaired) electrons. The molecular formula is C24H28BrNO3. The topological polar surface area (TPSA) is 54.6 Å². The van der Waals surface area contributed by atoms with Crippen molar-refractivity contribution in [2.75, 3.05) is 20.3 Å². The number of rotatable bonds is 10. The molecule has 0 bridgehead atoms. The van der Waals surface area contributed by atoms with Crippen molar-refractivity contribution in [2.24, 2.45) is 5.92 Å². The molecule has 1 heterocycles. The van der Waals surface area contributed by atoms with Crippen molar-refractivity contribution < 1.29 is 14.3 Å². The Balaban J connectivity index is 1.67. The molecule has 2 N–H and O–H groups in total. The number of hydrogen-bond acceptors (Lipinski definition) is 4. The van der Waals surface area contributed by atoms with Gasteiger partial charge >= 0.3 is 0 Å². The zero-order valence-corrected chi connectivity index (χ0v) is 18.5. The summed E-state index contributed by atoms with van der Waals surface area (Å²) in [6, 6.07) is 18.4. The zero-order valence-electron chi connectivity index (χ0n) is 16.9. The van der Waals surface area contributed by atoms with E-state index in [9.17, 15) is 5.11 Å². The first-order valence-electron chi connectivity index (χ1n) is 9.85. The Morgan fingerprint density at radius 1 is 1.10 bits per heavy atom. The number of methoxy groups -OCH3 is 1. The number of furan rings is 1. The van der Waals surface area contributed by atoms with Crippen molar-refractivity contribution in [1.29, 1.82) is 0 Å². The molecule has 4 nitrogen and oxygen atoms in total. The Labute approximate surface area is 181 Å². The maximum atomic E-state index is 9.93. The number of aliphatic hydroxyl groups is 1. The molecule has 2 atom stereocenters. The van der Waals surface area contributed by atoms with Gasteiger partial charge in [0.1, 0.15) is 11.5 Å². The van der Waals surface area contributed by atoms with Gasteiger partial charge in [0.15, 0.2) is 0 Å². The fourth-order valence-corrected chi connectivity index (χ4v) is 4.09. The van der Waals surface area contributed by atoms with Crippen LogP contribution in [0.3, 0.4) is 0 Å². The maximum Gasteiger partial charge on any atom is 0.133 e. The molecule has 0 fully saturated rings. The van der Waals surface area contributed by atoms with E-state index in [2.05, 4.69) is 58.5 Å². The molecule has 2 unspecified atom stereocenters. The van der Waals surface area contributed by atoms with E-state index in [1.807, 2.05) is 24.3 Å². The molecule has 0 spiro atoms. The van der Waals surface area contributed by atoms with Gasteiger partial charge in [-0.1, -0.05) is 30.3 Å². The molecule has 0 aliphatic carbocycles. The molecule has 0 saturated heterocycles. The molecule has 0 amide bonds. The number of aryl methyl sites for hydroxylation is 1. The van der Waals surface area contributed by atoms with Crippen LogP contribution in [0.4, 0.5) is 0 Å². The summed E-state index contributed by atoms with van der Waals surface area (Å²) in [5.41, 5.74) is 3.72. The third-order valence-corrected chi connectivity index (χ3v) is 5.84. The molecule has 2 aromatic carbocycles. The number of aliphatic hydroxyl groups excluding tert-OH is 1. The van der Waals surface area contributed by atoms with Gasteiger partial charge in [-0.3, -0.25) is 0 Å². The molecule has 0 saturated carbocycles. The lowest BCUT2D eigenvalue weighted by molar-refractivity contribution is 0.215. The Kier molecular flexibility index (Phi) is 7.92. The minimum absolute atomic E-state index is 0.0581. The highest BCUT2D eigenvalue weighted by atomic mass is 79.9. The average Bonchev–Trinajstić information content (AvgIpc) is 3.26. The van der Waals surface area contributed by atoms with Gasteiger partial charge in [-0.15, -0.1) is 0 Å². The molecule has 29 heavy (non-hydrogen) atoms. The summed E-state index contributed by atoms with van der Waals surface area (Å²) in [6.45, 7) is 2.94. The van der Waals surface area contributed by atoms with Crippen molar-refractivity contribution in [1.82, 2.24) is 5.32 Å². The normalized spacial score (nSPS) is 13.2. The van der Waals surface area contributed by atoms with Crippen LogP contribution in [0.2, 0.25) is 0 Å². The van der Waals surface area contributed by atoms with Crippen LogP contribution >= 0.6 is 15.9 Å². The van der Waals surface area contributed by atoms with Crippen LogP contribution in [-0.4, -0.2) is 25.4 Å². The first-order valence-corrected chi connectivity index (χ1v) is 10.6. The van der Waals surface area contributed by atoms with Crippen molar-refractivity contribution in [3.63, 3.8) is 0 Å². The predicted molar refractivity (Wildman–Crippen MR) is 119 cm³/mol. The second kappa shape index (κ2) is 10.6. The largest absolute Gasteiger partial charge is 0.496 e. The Bertz CT molecular complexity index is 895. The third kappa shape index (κ3) is 5.95. The van der Waals surface area contributed by atoms with Gasteiger partial charge in [0, 0.05) is 13.2 Å². The molecule has 3 rings (SSSR count). The molecule has 0 aliphatic heterocycles. The standard InChI is InChI=1S/C24H28BrNO3/c1-17-6-3-4-7-20(17)14-22(24-8-5-11-29-24)26-15-19(16-27)12-18-9-10-23(28-2)21(25)13-18/h3-11,13,19,22,26-27H,12,14-16H2,1-2H3. The lowest BCUT2D eigenvalue weighted by Gasteiger charge is -2.22. The van der Waals surface area contributed by atoms with Crippen LogP contribution in [-0.2, 0) is 12.8 Å². The fourth-order valence-electron chi connectivity index (χ4n) is 3.50. The Hall–Kier alpha value is -2.08. The van der Waals surface area contributed by atoms with Crippen LogP contribution in [0.5, 0.6) is 5.75 Å². The number of ether oxygens (including phenoxy) is 1. The van der Waals surface area contributed by atoms with E-state index in [0.29, 0.717) is 6.54 Å². The van der Waals surface area contributed by atoms with E-state index in [-0.39, 0.29) is 18.6 Å². The summed E-state index contributed by atoms with van der Waals surface area (Å²) >= 11 is 3.54. The van der Waals surface area contributed by atoms with Crippen LogP contribution in [0.1, 0.15) is 28.5 Å². The summed E-state index contributed by atoms with van der Waals surface area (Å²) in [5, 5.41) is 13.6. The van der Waals surface area contributed by atoms with Crippen LogP contribution in [0.15, 0.2) is 69.8 Å². The molecule has 1 aromatic heterocycles. The summed E-state index contributed by atoms with van der Waals surface area (Å²) in [7, 11) is 1.66. The Morgan fingerprint density at radius 3 is 2.59 bits per heavy atom. The smallest absolute Gasteiger partial charge is 0.133 e. The lowest BCUT2D eigenvalue weighted by atomic mass is 9.97. The molecule has 0 aliphatic rings. The number of benzene rings is 2. The van der Waals surface area contributed by atoms with E-state index in [4.69, 9.17) is 9.15 Å². The number of halogens is 1. The average molecular weight is 458 g/mol. The van der Waals surface area contributed by atoms with Crippen LogP contribution in [0.25, 0.3) is 0 Å². The van der Waals surface area contributed by atoms with Crippen molar-refractivity contribution in [3.8, 4) is 5.75 Å². The molecule has 3 aromatic rings. The van der Waals surface area contributed by atoms with Crippen LogP contribution < -0.4 is 10.1 Å². The quantitative estimate of drug-likeness (QED) is 0.445. The first kappa shape index (κ1) is 21.6. The van der Waals surface area contributed by atoms with E-state index in [1.54, 1.807) is 13.4 Å². The molecule has 5 heteroatoms. The highest BCUT2D eigenvalue weighted by molar-refractivity contribution is 9.10. The minimum atomic E-state index is 0.0581. The van der Waals surface area contributed by atoms with Gasteiger partial charge in [-0.2, -0.15) is 0 Å². The van der Waals surface area contributed by atoms with Crippen LogP contribution in [0, 0.1) is 12.8 Å². The van der Waals surface area contributed by atoms with Gasteiger partial charge in [0.2, 0.25) is 0 Å². The van der Waals surface area contributed by atoms with Crippen molar-refractivity contribution >= 4 is 15.9 Å². The molecular weight excluding hydrogens is 430 g/mol. The van der Waals surface area contributed by atoms with E-state index in [1.165, 1.54) is 11.1 Å². The van der Waals surface area contributed by atoms with Gasteiger partial charge in [-0.25, -0.2) is 0 Å². The summed E-state index contributed by atoms with van der Waals surface area (Å²) < 4.78 is 11.9. The summed E-state index contributed by atoms with van der Waals surface area (Å²) in [5.74, 6) is 1.82. The third-order valence-electron chi connectivity index (χ3n) is 5.22. The first-order chi connectivity index (χ1) is 14.1. The molecule has 154 valence electrons. The van der Waals surface area contributed by atoms with E-state index in [0.717, 1.165) is 34.4 Å². The van der Waals surface area contributed by atoms with Gasteiger partial charge in [0.05, 0.1) is 23.9 Å². The predicted octanol–water partition coefficient (Wildman–Crippen LogP) is 5.08. The lowest BCUT2D eigenvalue weighted by Crippen LogP contribution is -2.31. The van der Waals surface area contributed by atoms with Crippen molar-refractivity contribution in [2.45, 2.75) is 25.8 Å². The summed E-state index contributed by atoms with van der Waals surface area (Å²) in [6.07, 6.45) is 3.33. The van der Waals surface area contributed by atoms with Gasteiger partial charge in [0.25, 0.3) is 0 Å².